The van der Waals surface area contributed by atoms with E-state index in [0.29, 0.717) is 5.75 Å². The predicted molar refractivity (Wildman–Crippen MR) is 139 cm³/mol. The first kappa shape index (κ1) is 28.8. The van der Waals surface area contributed by atoms with Crippen LogP contribution >= 0.6 is 12.6 Å². The molecule has 0 aliphatic carbocycles. The van der Waals surface area contributed by atoms with Crippen LogP contribution in [-0.4, -0.2) is 31.8 Å². The smallest absolute Gasteiger partial charge is 0.188 e. The molecule has 6 heteroatoms. The average molecular weight is 483 g/mol. The van der Waals surface area contributed by atoms with Crippen LogP contribution in [0.15, 0.2) is 40.8 Å². The number of ether oxygens (including phenoxy) is 1. The zero-order valence-electron chi connectivity index (χ0n) is 21.0. The van der Waals surface area contributed by atoms with Crippen LogP contribution in [0.2, 0.25) is 0 Å². The molecule has 0 heterocycles. The van der Waals surface area contributed by atoms with E-state index < -0.39 is 9.84 Å². The van der Waals surface area contributed by atoms with Crippen LogP contribution in [0.3, 0.4) is 0 Å². The molecule has 1 N–H and O–H groups in total. The topological polar surface area (TPSA) is 63.6 Å². The molecule has 0 fully saturated rings. The second-order valence-electron chi connectivity index (χ2n) is 9.89. The van der Waals surface area contributed by atoms with Gasteiger partial charge in [0.05, 0.1) is 6.10 Å². The van der Waals surface area contributed by atoms with Crippen LogP contribution in [0.5, 0.6) is 5.75 Å². The van der Waals surface area contributed by atoms with Crippen molar-refractivity contribution in [2.45, 2.75) is 85.7 Å². The Bertz CT molecular complexity index is 918. The van der Waals surface area contributed by atoms with E-state index in [1.807, 2.05) is 19.1 Å². The highest BCUT2D eigenvalue weighted by Gasteiger charge is 2.31. The molecule has 0 aliphatic rings. The fourth-order valence-electron chi connectivity index (χ4n) is 3.76. The molecule has 4 nitrogen and oxygen atoms in total. The van der Waals surface area contributed by atoms with Crippen LogP contribution in [-0.2, 0) is 15.3 Å². The minimum Gasteiger partial charge on any atom is -0.478 e. The van der Waals surface area contributed by atoms with Crippen molar-refractivity contribution < 1.29 is 18.3 Å². The molecule has 0 saturated carbocycles. The Morgan fingerprint density at radius 1 is 1.22 bits per heavy atom. The summed E-state index contributed by atoms with van der Waals surface area (Å²) >= 11 is 4.93. The maximum absolute atomic E-state index is 11.4. The lowest BCUT2D eigenvalue weighted by molar-refractivity contribution is 0.0565. The van der Waals surface area contributed by atoms with Crippen LogP contribution < -0.4 is 4.74 Å². The van der Waals surface area contributed by atoms with Crippen molar-refractivity contribution in [3.8, 4) is 5.75 Å². The lowest BCUT2D eigenvalue weighted by Crippen LogP contribution is -2.25. The molecular weight excluding hydrogens is 440 g/mol. The van der Waals surface area contributed by atoms with E-state index in [4.69, 9.17) is 17.4 Å². The first-order valence-electron chi connectivity index (χ1n) is 11.3. The third kappa shape index (κ3) is 8.27. The van der Waals surface area contributed by atoms with E-state index in [1.54, 1.807) is 0 Å². The number of thiol groups is 1. The zero-order chi connectivity index (χ0) is 24.7. The summed E-state index contributed by atoms with van der Waals surface area (Å²) in [6.07, 6.45) is 8.44. The Morgan fingerprint density at radius 3 is 2.28 bits per heavy atom. The SMILES string of the molecule is CCC(CC)(/C(S)=C/C(C)=C/CCC(O)C(C)(C)C)c1ccc(OCS(C)(=O)=O)c(C)c1. The summed E-state index contributed by atoms with van der Waals surface area (Å²) in [4.78, 5) is 0.997. The standard InChI is InChI=1S/C26H42O4S2/c1-9-26(10-2,21-14-15-22(20(4)17-21)30-18-32(8,28)29)24(31)16-19(3)12-11-13-23(27)25(5,6)7/h12,14-17,23,27,31H,9-11,13,18H2,1-8H3/b19-12+,24-16-. The molecule has 1 aromatic rings. The van der Waals surface area contributed by atoms with Crippen molar-refractivity contribution in [1.82, 2.24) is 0 Å². The number of sulfone groups is 1. The maximum atomic E-state index is 11.4. The van der Waals surface area contributed by atoms with E-state index in [0.717, 1.165) is 53.5 Å². The molecule has 0 bridgehead atoms. The molecule has 1 aromatic carbocycles. The van der Waals surface area contributed by atoms with E-state index in [2.05, 4.69) is 59.8 Å². The summed E-state index contributed by atoms with van der Waals surface area (Å²) in [7, 11) is -3.20. The minimum absolute atomic E-state index is 0.110. The Hall–Kier alpha value is -1.24. The van der Waals surface area contributed by atoms with Gasteiger partial charge in [0.25, 0.3) is 0 Å². The molecular formula is C26H42O4S2. The van der Waals surface area contributed by atoms with Gasteiger partial charge in [-0.25, -0.2) is 8.42 Å². The molecule has 1 atom stereocenters. The summed E-state index contributed by atoms with van der Waals surface area (Å²) < 4.78 is 28.3. The van der Waals surface area contributed by atoms with Crippen molar-refractivity contribution in [2.75, 3.05) is 12.2 Å². The molecule has 0 amide bonds. The second kappa shape index (κ2) is 11.8. The van der Waals surface area contributed by atoms with E-state index in [1.165, 1.54) is 0 Å². The molecule has 182 valence electrons. The average Bonchev–Trinajstić information content (AvgIpc) is 2.67. The second-order valence-corrected chi connectivity index (χ2v) is 12.5. The van der Waals surface area contributed by atoms with Crippen LogP contribution in [0.1, 0.15) is 78.4 Å². The highest BCUT2D eigenvalue weighted by molar-refractivity contribution is 7.90. The number of allylic oxidation sites excluding steroid dienone is 4. The number of aliphatic hydroxyl groups excluding tert-OH is 1. The number of rotatable bonds is 11. The Balaban J connectivity index is 3.13. The van der Waals surface area contributed by atoms with Gasteiger partial charge in [0.2, 0.25) is 0 Å². The van der Waals surface area contributed by atoms with E-state index in [9.17, 15) is 13.5 Å². The lowest BCUT2D eigenvalue weighted by Gasteiger charge is -2.34. The van der Waals surface area contributed by atoms with Gasteiger partial charge in [0.1, 0.15) is 5.75 Å². The molecule has 1 unspecified atom stereocenters. The summed E-state index contributed by atoms with van der Waals surface area (Å²) in [5, 5.41) is 10.3. The maximum Gasteiger partial charge on any atom is 0.188 e. The first-order chi connectivity index (χ1) is 14.7. The van der Waals surface area contributed by atoms with Crippen molar-refractivity contribution in [3.63, 3.8) is 0 Å². The highest BCUT2D eigenvalue weighted by Crippen LogP contribution is 2.42. The van der Waals surface area contributed by atoms with Crippen molar-refractivity contribution >= 4 is 22.5 Å². The molecule has 0 spiro atoms. The highest BCUT2D eigenvalue weighted by atomic mass is 32.2. The molecule has 0 aromatic heterocycles. The molecule has 0 saturated heterocycles. The zero-order valence-corrected chi connectivity index (χ0v) is 22.7. The fourth-order valence-corrected chi connectivity index (χ4v) is 4.75. The number of aryl methyl sites for hydroxylation is 1. The van der Waals surface area contributed by atoms with Gasteiger partial charge >= 0.3 is 0 Å². The van der Waals surface area contributed by atoms with Gasteiger partial charge in [-0.2, -0.15) is 0 Å². The lowest BCUT2D eigenvalue weighted by atomic mass is 9.74. The number of aliphatic hydroxyl groups is 1. The van der Waals surface area contributed by atoms with Crippen LogP contribution in [0.4, 0.5) is 0 Å². The molecule has 0 aliphatic heterocycles. The van der Waals surface area contributed by atoms with E-state index in [-0.39, 0.29) is 22.9 Å². The van der Waals surface area contributed by atoms with E-state index >= 15 is 0 Å². The van der Waals surface area contributed by atoms with Crippen molar-refractivity contribution in [3.05, 3.63) is 52.0 Å². The Morgan fingerprint density at radius 2 is 1.81 bits per heavy atom. The van der Waals surface area contributed by atoms with Gasteiger partial charge in [0, 0.05) is 11.7 Å². The van der Waals surface area contributed by atoms with Gasteiger partial charge < -0.3 is 9.84 Å². The van der Waals surface area contributed by atoms with Crippen molar-refractivity contribution in [2.24, 2.45) is 5.41 Å². The molecule has 32 heavy (non-hydrogen) atoms. The summed E-state index contributed by atoms with van der Waals surface area (Å²) in [5.74, 6) is 0.254. The molecule has 1 rings (SSSR count). The van der Waals surface area contributed by atoms with Gasteiger partial charge in [-0.15, -0.1) is 12.6 Å². The van der Waals surface area contributed by atoms with Gasteiger partial charge in [-0.3, -0.25) is 0 Å². The monoisotopic (exact) mass is 482 g/mol. The van der Waals surface area contributed by atoms with Gasteiger partial charge in [-0.1, -0.05) is 58.4 Å². The summed E-state index contributed by atoms with van der Waals surface area (Å²) in [5.41, 5.74) is 2.84. The van der Waals surface area contributed by atoms with Crippen molar-refractivity contribution in [1.29, 1.82) is 0 Å². The molecule has 0 radical (unpaired) electrons. The number of benzene rings is 1. The Labute approximate surface area is 201 Å². The predicted octanol–water partition coefficient (Wildman–Crippen LogP) is 6.38. The van der Waals surface area contributed by atoms with Gasteiger partial charge in [0.15, 0.2) is 15.8 Å². The summed E-state index contributed by atoms with van der Waals surface area (Å²) in [6, 6.07) is 5.95. The minimum atomic E-state index is -3.20. The van der Waals surface area contributed by atoms with Gasteiger partial charge in [-0.05, 0) is 73.1 Å². The van der Waals surface area contributed by atoms with Crippen LogP contribution in [0.25, 0.3) is 0 Å². The number of hydrogen-bond donors (Lipinski definition) is 2. The third-order valence-corrected chi connectivity index (χ3v) is 7.23. The first-order valence-corrected chi connectivity index (χ1v) is 13.8. The fraction of sp³-hybridized carbons (Fsp3) is 0.615. The Kier molecular flexibility index (Phi) is 10.6. The quantitative estimate of drug-likeness (QED) is 0.284. The summed E-state index contributed by atoms with van der Waals surface area (Å²) in [6.45, 7) is 14.5. The normalized spacial score (nSPS) is 15.1. The number of hydrogen-bond acceptors (Lipinski definition) is 5. The largest absolute Gasteiger partial charge is 0.478 e. The third-order valence-electron chi connectivity index (χ3n) is 6.12. The van der Waals surface area contributed by atoms with Crippen LogP contribution in [0, 0.1) is 12.3 Å².